The fraction of sp³-hybridized carbons (Fsp3) is 1.00. The fourth-order valence-corrected chi connectivity index (χ4v) is 2.22. The van der Waals surface area contributed by atoms with Crippen molar-refractivity contribution in [3.05, 3.63) is 0 Å². The Morgan fingerprint density at radius 3 is 2.75 bits per heavy atom. The molecule has 0 amide bonds. The van der Waals surface area contributed by atoms with E-state index in [0.717, 1.165) is 38.6 Å². The number of nitrogens with zero attached hydrogens (tertiary/aromatic N) is 1. The Kier molecular flexibility index (Phi) is 6.71. The maximum Gasteiger partial charge on any atom is 0.0593 e. The van der Waals surface area contributed by atoms with E-state index < -0.39 is 0 Å². The normalized spacial score (nSPS) is 27.6. The van der Waals surface area contributed by atoms with E-state index in [1.165, 1.54) is 13.0 Å². The quantitative estimate of drug-likeness (QED) is 0.529. The van der Waals surface area contributed by atoms with E-state index in [2.05, 4.69) is 25.7 Å². The number of piperidine rings is 1. The van der Waals surface area contributed by atoms with Gasteiger partial charge in [-0.25, -0.2) is 0 Å². The van der Waals surface area contributed by atoms with Gasteiger partial charge in [-0.1, -0.05) is 20.8 Å². The molecule has 1 heterocycles. The fourth-order valence-electron chi connectivity index (χ4n) is 1.90. The van der Waals surface area contributed by atoms with Crippen LogP contribution in [0.15, 0.2) is 0 Å². The van der Waals surface area contributed by atoms with Gasteiger partial charge in [-0.15, -0.1) is 11.6 Å². The third-order valence-electron chi connectivity index (χ3n) is 3.34. The summed E-state index contributed by atoms with van der Waals surface area (Å²) in [6, 6.07) is 0. The molecule has 0 aromatic rings. The van der Waals surface area contributed by atoms with Crippen LogP contribution in [0, 0.1) is 11.8 Å². The molecule has 1 aliphatic heterocycles. The van der Waals surface area contributed by atoms with Crippen LogP contribution in [0.4, 0.5) is 0 Å². The number of ether oxygens (including phenoxy) is 1. The molecule has 0 N–H and O–H groups in total. The Morgan fingerprint density at radius 2 is 2.12 bits per heavy atom. The molecule has 2 atom stereocenters. The predicted octanol–water partition coefficient (Wildman–Crippen LogP) is 3.00. The monoisotopic (exact) mass is 247 g/mol. The lowest BCUT2D eigenvalue weighted by Crippen LogP contribution is -2.41. The molecule has 1 aliphatic rings. The molecule has 0 aromatic heterocycles. The molecule has 0 aliphatic carbocycles. The molecular weight excluding hydrogens is 222 g/mol. The average Bonchev–Trinajstić information content (AvgIpc) is 2.22. The van der Waals surface area contributed by atoms with E-state index >= 15 is 0 Å². The van der Waals surface area contributed by atoms with Crippen LogP contribution in [0.5, 0.6) is 0 Å². The van der Waals surface area contributed by atoms with Gasteiger partial charge in [0, 0.05) is 25.1 Å². The lowest BCUT2D eigenvalue weighted by atomic mass is 9.99. The zero-order valence-electron chi connectivity index (χ0n) is 10.9. The number of alkyl halides is 1. The van der Waals surface area contributed by atoms with Gasteiger partial charge in [0.15, 0.2) is 0 Å². The highest BCUT2D eigenvalue weighted by atomic mass is 35.5. The minimum atomic E-state index is 0.324. The molecule has 0 aromatic carbocycles. The average molecular weight is 248 g/mol. The topological polar surface area (TPSA) is 12.5 Å². The van der Waals surface area contributed by atoms with Gasteiger partial charge in [0.25, 0.3) is 0 Å². The van der Waals surface area contributed by atoms with Crippen molar-refractivity contribution >= 4 is 11.6 Å². The van der Waals surface area contributed by atoms with Crippen LogP contribution < -0.4 is 0 Å². The summed E-state index contributed by atoms with van der Waals surface area (Å²) in [5, 5.41) is 0.324. The van der Waals surface area contributed by atoms with Crippen LogP contribution in [0.1, 0.15) is 33.6 Å². The smallest absolute Gasteiger partial charge is 0.0593 e. The first-order chi connectivity index (χ1) is 7.59. The lowest BCUT2D eigenvalue weighted by molar-refractivity contribution is 0.0850. The lowest BCUT2D eigenvalue weighted by Gasteiger charge is -2.33. The van der Waals surface area contributed by atoms with Gasteiger partial charge in [-0.05, 0) is 31.2 Å². The molecule has 2 nitrogen and oxygen atoms in total. The highest BCUT2D eigenvalue weighted by Crippen LogP contribution is 2.21. The molecule has 1 saturated heterocycles. The van der Waals surface area contributed by atoms with Gasteiger partial charge in [0.1, 0.15) is 0 Å². The third kappa shape index (κ3) is 5.51. The highest BCUT2D eigenvalue weighted by Gasteiger charge is 2.23. The number of likely N-dealkylation sites (tertiary alicyclic amines) is 1. The minimum absolute atomic E-state index is 0.324. The zero-order valence-corrected chi connectivity index (χ0v) is 11.7. The van der Waals surface area contributed by atoms with E-state index in [4.69, 9.17) is 16.3 Å². The first kappa shape index (κ1) is 14.3. The van der Waals surface area contributed by atoms with Crippen molar-refractivity contribution in [3.63, 3.8) is 0 Å². The maximum atomic E-state index is 6.26. The van der Waals surface area contributed by atoms with Crippen LogP contribution in [-0.4, -0.2) is 43.1 Å². The number of rotatable bonds is 6. The first-order valence-electron chi connectivity index (χ1n) is 6.53. The largest absolute Gasteiger partial charge is 0.380 e. The summed E-state index contributed by atoms with van der Waals surface area (Å²) in [6.07, 6.45) is 2.38. The second-order valence-corrected chi connectivity index (χ2v) is 5.94. The molecule has 96 valence electrons. The van der Waals surface area contributed by atoms with Crippen molar-refractivity contribution in [1.82, 2.24) is 4.90 Å². The van der Waals surface area contributed by atoms with E-state index in [9.17, 15) is 0 Å². The van der Waals surface area contributed by atoms with Crippen molar-refractivity contribution in [2.45, 2.75) is 39.0 Å². The Morgan fingerprint density at radius 1 is 1.38 bits per heavy atom. The van der Waals surface area contributed by atoms with Crippen LogP contribution in [0.3, 0.4) is 0 Å². The molecule has 0 bridgehead atoms. The van der Waals surface area contributed by atoms with Crippen molar-refractivity contribution in [2.75, 3.05) is 32.8 Å². The molecule has 2 unspecified atom stereocenters. The van der Waals surface area contributed by atoms with E-state index in [-0.39, 0.29) is 0 Å². The summed E-state index contributed by atoms with van der Waals surface area (Å²) >= 11 is 6.26. The molecule has 16 heavy (non-hydrogen) atoms. The van der Waals surface area contributed by atoms with Gasteiger partial charge in [-0.2, -0.15) is 0 Å². The van der Waals surface area contributed by atoms with Gasteiger partial charge in [0.05, 0.1) is 6.61 Å². The summed E-state index contributed by atoms with van der Waals surface area (Å²) in [6.45, 7) is 11.7. The summed E-state index contributed by atoms with van der Waals surface area (Å²) in [5.74, 6) is 1.41. The van der Waals surface area contributed by atoms with Crippen molar-refractivity contribution in [2.24, 2.45) is 11.8 Å². The molecule has 1 fully saturated rings. The van der Waals surface area contributed by atoms with Crippen molar-refractivity contribution in [3.8, 4) is 0 Å². The summed E-state index contributed by atoms with van der Waals surface area (Å²) in [7, 11) is 0. The van der Waals surface area contributed by atoms with Crippen LogP contribution in [0.25, 0.3) is 0 Å². The standard InChI is InChI=1S/C13H26ClNO/c1-11(2)5-8-16-9-7-15-6-4-12(3)13(14)10-15/h11-13H,4-10H2,1-3H3. The Labute approximate surface area is 105 Å². The van der Waals surface area contributed by atoms with Gasteiger partial charge in [-0.3, -0.25) is 4.90 Å². The molecule has 1 rings (SSSR count). The second-order valence-electron chi connectivity index (χ2n) is 5.38. The second kappa shape index (κ2) is 7.52. The number of halogens is 1. The first-order valence-corrected chi connectivity index (χ1v) is 6.97. The van der Waals surface area contributed by atoms with Gasteiger partial charge >= 0.3 is 0 Å². The Hall–Kier alpha value is 0.210. The molecular formula is C13H26ClNO. The van der Waals surface area contributed by atoms with E-state index in [1.54, 1.807) is 0 Å². The Balaban J connectivity index is 2.01. The zero-order chi connectivity index (χ0) is 12.0. The minimum Gasteiger partial charge on any atom is -0.380 e. The van der Waals surface area contributed by atoms with Crippen molar-refractivity contribution < 1.29 is 4.74 Å². The molecule has 3 heteroatoms. The SMILES string of the molecule is CC(C)CCOCCN1CCC(C)C(Cl)C1. The summed E-state index contributed by atoms with van der Waals surface area (Å²) < 4.78 is 5.62. The van der Waals surface area contributed by atoms with Gasteiger partial charge in [0.2, 0.25) is 0 Å². The molecule has 0 radical (unpaired) electrons. The van der Waals surface area contributed by atoms with Crippen LogP contribution >= 0.6 is 11.6 Å². The maximum absolute atomic E-state index is 6.26. The highest BCUT2D eigenvalue weighted by molar-refractivity contribution is 6.21. The third-order valence-corrected chi connectivity index (χ3v) is 3.91. The van der Waals surface area contributed by atoms with E-state index in [1.807, 2.05) is 0 Å². The molecule has 0 saturated carbocycles. The summed E-state index contributed by atoms with van der Waals surface area (Å²) in [5.41, 5.74) is 0. The Bertz CT molecular complexity index is 187. The number of hydrogen-bond donors (Lipinski definition) is 0. The van der Waals surface area contributed by atoms with E-state index in [0.29, 0.717) is 11.3 Å². The number of hydrogen-bond acceptors (Lipinski definition) is 2. The van der Waals surface area contributed by atoms with Crippen LogP contribution in [0.2, 0.25) is 0 Å². The van der Waals surface area contributed by atoms with Crippen LogP contribution in [-0.2, 0) is 4.74 Å². The van der Waals surface area contributed by atoms with Crippen molar-refractivity contribution in [1.29, 1.82) is 0 Å². The molecule has 0 spiro atoms. The summed E-state index contributed by atoms with van der Waals surface area (Å²) in [4.78, 5) is 2.42. The predicted molar refractivity (Wildman–Crippen MR) is 70.1 cm³/mol. The van der Waals surface area contributed by atoms with Gasteiger partial charge < -0.3 is 4.74 Å².